The van der Waals surface area contributed by atoms with Crippen LogP contribution in [0, 0.1) is 24.0 Å². The zero-order valence-electron chi connectivity index (χ0n) is 19.9. The lowest BCUT2D eigenvalue weighted by Crippen LogP contribution is -2.11. The second-order valence-corrected chi connectivity index (χ2v) is 8.06. The van der Waals surface area contributed by atoms with Gasteiger partial charge in [0.25, 0.3) is 11.6 Å². The van der Waals surface area contributed by atoms with Gasteiger partial charge in [-0.1, -0.05) is 18.2 Å². The number of amides is 1. The number of anilines is 1. The fourth-order valence-corrected chi connectivity index (χ4v) is 3.60. The summed E-state index contributed by atoms with van der Waals surface area (Å²) in [5, 5.41) is 14.1. The average Bonchev–Trinajstić information content (AvgIpc) is 3.31. The standard InChI is InChI=1S/C27H24N2O7/c1-17-10-18(2)12-22(11-17)35-23-14-19(13-20(15-23)29(31)32)28-27(30)26-9-8-21(36-26)16-34-25-7-5-4-6-24(25)33-3/h4-15H,16H2,1-3H3,(H,28,30). The molecule has 0 atom stereocenters. The summed E-state index contributed by atoms with van der Waals surface area (Å²) in [4.78, 5) is 23.7. The normalized spacial score (nSPS) is 10.5. The molecule has 0 aliphatic rings. The number of furan rings is 1. The molecule has 0 bridgehead atoms. The Morgan fingerprint density at radius 3 is 2.33 bits per heavy atom. The monoisotopic (exact) mass is 488 g/mol. The number of non-ortho nitro benzene ring substituents is 1. The van der Waals surface area contributed by atoms with E-state index in [1.807, 2.05) is 44.2 Å². The SMILES string of the molecule is COc1ccccc1OCc1ccc(C(=O)Nc2cc(Oc3cc(C)cc(C)c3)cc([N+](=O)[O-])c2)o1. The van der Waals surface area contributed by atoms with Crippen molar-refractivity contribution in [2.24, 2.45) is 0 Å². The minimum absolute atomic E-state index is 0.0249. The molecule has 1 amide bonds. The summed E-state index contributed by atoms with van der Waals surface area (Å²) in [5.41, 5.74) is 1.95. The molecule has 3 aromatic carbocycles. The molecule has 0 fully saturated rings. The van der Waals surface area contributed by atoms with Crippen molar-refractivity contribution in [3.05, 3.63) is 106 Å². The minimum Gasteiger partial charge on any atom is -0.493 e. The van der Waals surface area contributed by atoms with E-state index in [1.165, 1.54) is 24.3 Å². The molecule has 0 unspecified atom stereocenters. The maximum atomic E-state index is 12.8. The number of rotatable bonds is 9. The smallest absolute Gasteiger partial charge is 0.291 e. The van der Waals surface area contributed by atoms with Gasteiger partial charge in [0.2, 0.25) is 0 Å². The van der Waals surface area contributed by atoms with Gasteiger partial charge in [0.05, 0.1) is 23.8 Å². The van der Waals surface area contributed by atoms with Crippen LogP contribution in [0.15, 0.2) is 77.2 Å². The number of nitrogens with zero attached hydrogens (tertiary/aromatic N) is 1. The second kappa shape index (κ2) is 10.6. The Labute approximate surface area is 207 Å². The van der Waals surface area contributed by atoms with E-state index in [1.54, 1.807) is 25.3 Å². The first kappa shape index (κ1) is 24.3. The maximum Gasteiger partial charge on any atom is 0.291 e. The number of nitrogens with one attached hydrogen (secondary N) is 1. The molecule has 184 valence electrons. The predicted molar refractivity (Wildman–Crippen MR) is 133 cm³/mol. The van der Waals surface area contributed by atoms with Gasteiger partial charge in [-0.05, 0) is 61.4 Å². The lowest BCUT2D eigenvalue weighted by molar-refractivity contribution is -0.384. The van der Waals surface area contributed by atoms with Crippen molar-refractivity contribution in [2.45, 2.75) is 20.5 Å². The topological polar surface area (TPSA) is 113 Å². The molecule has 0 aliphatic heterocycles. The van der Waals surface area contributed by atoms with Crippen molar-refractivity contribution >= 4 is 17.3 Å². The van der Waals surface area contributed by atoms with E-state index >= 15 is 0 Å². The third kappa shape index (κ3) is 6.01. The van der Waals surface area contributed by atoms with Crippen LogP contribution in [0.4, 0.5) is 11.4 Å². The first-order chi connectivity index (χ1) is 17.3. The highest BCUT2D eigenvalue weighted by Gasteiger charge is 2.17. The van der Waals surface area contributed by atoms with Gasteiger partial charge in [-0.25, -0.2) is 0 Å². The Bertz CT molecular complexity index is 1390. The number of nitro benzene ring substituents is 1. The van der Waals surface area contributed by atoms with Gasteiger partial charge in [0.1, 0.15) is 23.9 Å². The lowest BCUT2D eigenvalue weighted by atomic mass is 10.1. The molecule has 9 heteroatoms. The fraction of sp³-hybridized carbons (Fsp3) is 0.148. The molecule has 1 heterocycles. The zero-order valence-corrected chi connectivity index (χ0v) is 19.9. The van der Waals surface area contributed by atoms with Gasteiger partial charge in [-0.15, -0.1) is 0 Å². The van der Waals surface area contributed by atoms with Crippen molar-refractivity contribution in [1.29, 1.82) is 0 Å². The molecule has 0 aliphatic carbocycles. The molecule has 1 N–H and O–H groups in total. The highest BCUT2D eigenvalue weighted by Crippen LogP contribution is 2.31. The summed E-state index contributed by atoms with van der Waals surface area (Å²) >= 11 is 0. The van der Waals surface area contributed by atoms with Gasteiger partial charge >= 0.3 is 0 Å². The molecular formula is C27H24N2O7. The molecule has 4 aromatic rings. The number of aryl methyl sites for hydroxylation is 2. The van der Waals surface area contributed by atoms with Crippen LogP contribution in [0.5, 0.6) is 23.0 Å². The van der Waals surface area contributed by atoms with Crippen LogP contribution in [-0.4, -0.2) is 17.9 Å². The number of para-hydroxylation sites is 2. The molecule has 9 nitrogen and oxygen atoms in total. The Kier molecular flexibility index (Phi) is 7.20. The van der Waals surface area contributed by atoms with Crippen molar-refractivity contribution < 1.29 is 28.3 Å². The fourth-order valence-electron chi connectivity index (χ4n) is 3.60. The summed E-state index contributed by atoms with van der Waals surface area (Å²) in [6.45, 7) is 3.94. The number of carbonyl (C=O) groups excluding carboxylic acids is 1. The highest BCUT2D eigenvalue weighted by molar-refractivity contribution is 6.02. The number of carbonyl (C=O) groups is 1. The van der Waals surface area contributed by atoms with E-state index < -0.39 is 10.8 Å². The van der Waals surface area contributed by atoms with Crippen LogP contribution < -0.4 is 19.5 Å². The van der Waals surface area contributed by atoms with E-state index in [9.17, 15) is 14.9 Å². The number of methoxy groups -OCH3 is 1. The van der Waals surface area contributed by atoms with Crippen LogP contribution in [0.1, 0.15) is 27.4 Å². The van der Waals surface area contributed by atoms with E-state index in [0.29, 0.717) is 23.0 Å². The molecule has 0 spiro atoms. The third-order valence-electron chi connectivity index (χ3n) is 5.12. The summed E-state index contributed by atoms with van der Waals surface area (Å²) in [6.07, 6.45) is 0. The van der Waals surface area contributed by atoms with E-state index in [4.69, 9.17) is 18.6 Å². The molecule has 36 heavy (non-hydrogen) atoms. The Morgan fingerprint density at radius 1 is 0.944 bits per heavy atom. The number of benzene rings is 3. The van der Waals surface area contributed by atoms with Gasteiger partial charge in [0.15, 0.2) is 17.3 Å². The summed E-state index contributed by atoms with van der Waals surface area (Å²) < 4.78 is 22.4. The number of nitro groups is 1. The summed E-state index contributed by atoms with van der Waals surface area (Å²) in [7, 11) is 1.55. The van der Waals surface area contributed by atoms with Crippen LogP contribution in [0.2, 0.25) is 0 Å². The van der Waals surface area contributed by atoms with Gasteiger partial charge in [0, 0.05) is 12.1 Å². The maximum absolute atomic E-state index is 12.8. The van der Waals surface area contributed by atoms with Crippen molar-refractivity contribution in [1.82, 2.24) is 0 Å². The van der Waals surface area contributed by atoms with Crippen LogP contribution in [-0.2, 0) is 6.61 Å². The molecule has 0 radical (unpaired) electrons. The largest absolute Gasteiger partial charge is 0.493 e. The van der Waals surface area contributed by atoms with E-state index in [-0.39, 0.29) is 29.5 Å². The molecule has 4 rings (SSSR count). The zero-order chi connectivity index (χ0) is 25.7. The molecular weight excluding hydrogens is 464 g/mol. The van der Waals surface area contributed by atoms with E-state index in [2.05, 4.69) is 5.32 Å². The third-order valence-corrected chi connectivity index (χ3v) is 5.12. The average molecular weight is 488 g/mol. The predicted octanol–water partition coefficient (Wildman–Crippen LogP) is 6.44. The van der Waals surface area contributed by atoms with Crippen LogP contribution >= 0.6 is 0 Å². The van der Waals surface area contributed by atoms with Gasteiger partial charge in [-0.2, -0.15) is 0 Å². The Hall–Kier alpha value is -4.79. The van der Waals surface area contributed by atoms with Crippen molar-refractivity contribution in [3.63, 3.8) is 0 Å². The van der Waals surface area contributed by atoms with Gasteiger partial charge < -0.3 is 23.9 Å². The van der Waals surface area contributed by atoms with E-state index in [0.717, 1.165) is 11.1 Å². The Balaban J connectivity index is 1.48. The van der Waals surface area contributed by atoms with Crippen molar-refractivity contribution in [2.75, 3.05) is 12.4 Å². The van der Waals surface area contributed by atoms with Crippen molar-refractivity contribution in [3.8, 4) is 23.0 Å². The number of hydrogen-bond acceptors (Lipinski definition) is 7. The lowest BCUT2D eigenvalue weighted by Gasteiger charge is -2.10. The van der Waals surface area contributed by atoms with Gasteiger partial charge in [-0.3, -0.25) is 14.9 Å². The summed E-state index contributed by atoms with van der Waals surface area (Å²) in [6, 6.07) is 20.0. The minimum atomic E-state index is -0.573. The number of hydrogen-bond donors (Lipinski definition) is 1. The molecule has 1 aromatic heterocycles. The first-order valence-electron chi connectivity index (χ1n) is 11.0. The highest BCUT2D eigenvalue weighted by atomic mass is 16.6. The quantitative estimate of drug-likeness (QED) is 0.213. The second-order valence-electron chi connectivity index (χ2n) is 8.06. The molecule has 0 saturated carbocycles. The van der Waals surface area contributed by atoms with Crippen LogP contribution in [0.25, 0.3) is 0 Å². The first-order valence-corrected chi connectivity index (χ1v) is 11.0. The number of ether oxygens (including phenoxy) is 3. The summed E-state index contributed by atoms with van der Waals surface area (Å²) in [5.74, 6) is 1.74. The Morgan fingerprint density at radius 2 is 1.64 bits per heavy atom. The van der Waals surface area contributed by atoms with Crippen LogP contribution in [0.3, 0.4) is 0 Å². The molecule has 0 saturated heterocycles.